The molecule has 0 saturated heterocycles. The van der Waals surface area contributed by atoms with Crippen molar-refractivity contribution in [1.29, 1.82) is 0 Å². The number of methoxy groups -OCH3 is 1. The van der Waals surface area contributed by atoms with E-state index < -0.39 is 0 Å². The van der Waals surface area contributed by atoms with Crippen LogP contribution in [-0.4, -0.2) is 25.4 Å². The maximum atomic E-state index is 9.17. The van der Waals surface area contributed by atoms with Crippen LogP contribution >= 0.6 is 0 Å². The Morgan fingerprint density at radius 1 is 1.25 bits per heavy atom. The molecule has 1 N–H and O–H groups in total. The summed E-state index contributed by atoms with van der Waals surface area (Å²) in [6.45, 7) is 4.84. The minimum atomic E-state index is 0.154. The number of aliphatic hydroxyl groups excluding tert-OH is 1. The van der Waals surface area contributed by atoms with E-state index in [-0.39, 0.29) is 12.5 Å². The zero-order chi connectivity index (χ0) is 12.0. The maximum absolute atomic E-state index is 9.17. The van der Waals surface area contributed by atoms with Crippen LogP contribution in [0.1, 0.15) is 13.8 Å². The molecule has 0 aliphatic rings. The number of aliphatic hydroxyl groups is 1. The topological polar surface area (TPSA) is 38.7 Å². The van der Waals surface area contributed by atoms with Gasteiger partial charge in [-0.15, -0.1) is 0 Å². The Bertz CT molecular complexity index is 310. The lowest BCUT2D eigenvalue weighted by Gasteiger charge is -2.18. The molecule has 1 aromatic carbocycles. The summed E-state index contributed by atoms with van der Waals surface area (Å²) >= 11 is 0. The Balaban J connectivity index is 2.53. The molecule has 1 rings (SSSR count). The summed E-state index contributed by atoms with van der Waals surface area (Å²) in [5.41, 5.74) is 0. The zero-order valence-electron chi connectivity index (χ0n) is 10.1. The van der Waals surface area contributed by atoms with Crippen molar-refractivity contribution in [3.05, 3.63) is 24.3 Å². The van der Waals surface area contributed by atoms with E-state index in [0.717, 1.165) is 11.5 Å². The molecule has 0 fully saturated rings. The fourth-order valence-corrected chi connectivity index (χ4v) is 1.35. The van der Waals surface area contributed by atoms with E-state index in [0.29, 0.717) is 12.5 Å². The SMILES string of the molecule is COc1cccc(OCC(CO)C(C)C)c1. The molecule has 0 bridgehead atoms. The average Bonchev–Trinajstić information content (AvgIpc) is 2.29. The highest BCUT2D eigenvalue weighted by Crippen LogP contribution is 2.20. The molecule has 0 heterocycles. The van der Waals surface area contributed by atoms with E-state index >= 15 is 0 Å². The van der Waals surface area contributed by atoms with E-state index in [4.69, 9.17) is 9.47 Å². The van der Waals surface area contributed by atoms with Crippen LogP contribution in [0.25, 0.3) is 0 Å². The minimum Gasteiger partial charge on any atom is -0.497 e. The lowest BCUT2D eigenvalue weighted by molar-refractivity contribution is 0.130. The van der Waals surface area contributed by atoms with Gasteiger partial charge in [0.1, 0.15) is 11.5 Å². The summed E-state index contributed by atoms with van der Waals surface area (Å²) in [6.07, 6.45) is 0. The van der Waals surface area contributed by atoms with Gasteiger partial charge in [0.2, 0.25) is 0 Å². The Labute approximate surface area is 97.0 Å². The van der Waals surface area contributed by atoms with Gasteiger partial charge in [-0.1, -0.05) is 19.9 Å². The fourth-order valence-electron chi connectivity index (χ4n) is 1.35. The zero-order valence-corrected chi connectivity index (χ0v) is 10.1. The third-order valence-electron chi connectivity index (χ3n) is 2.68. The third kappa shape index (κ3) is 3.74. The number of hydrogen-bond donors (Lipinski definition) is 1. The van der Waals surface area contributed by atoms with Crippen LogP contribution in [0.4, 0.5) is 0 Å². The van der Waals surface area contributed by atoms with E-state index in [9.17, 15) is 5.11 Å². The summed E-state index contributed by atoms with van der Waals surface area (Å²) in [7, 11) is 1.63. The Morgan fingerprint density at radius 3 is 2.50 bits per heavy atom. The standard InChI is InChI=1S/C13H20O3/c1-10(2)11(8-14)9-16-13-6-4-5-12(7-13)15-3/h4-7,10-11,14H,8-9H2,1-3H3. The Kier molecular flexibility index (Phi) is 5.12. The highest BCUT2D eigenvalue weighted by atomic mass is 16.5. The number of rotatable bonds is 6. The lowest BCUT2D eigenvalue weighted by Crippen LogP contribution is -2.21. The van der Waals surface area contributed by atoms with Crippen molar-refractivity contribution in [3.63, 3.8) is 0 Å². The highest BCUT2D eigenvalue weighted by molar-refractivity contribution is 5.32. The first-order valence-corrected chi connectivity index (χ1v) is 5.55. The molecule has 0 saturated carbocycles. The fraction of sp³-hybridized carbons (Fsp3) is 0.538. The Hall–Kier alpha value is -1.22. The second kappa shape index (κ2) is 6.38. The Morgan fingerprint density at radius 2 is 1.94 bits per heavy atom. The predicted molar refractivity (Wildman–Crippen MR) is 63.9 cm³/mol. The van der Waals surface area contributed by atoms with E-state index in [1.807, 2.05) is 24.3 Å². The summed E-state index contributed by atoms with van der Waals surface area (Å²) in [5.74, 6) is 2.14. The lowest BCUT2D eigenvalue weighted by atomic mass is 9.98. The molecule has 1 aromatic rings. The van der Waals surface area contributed by atoms with Crippen LogP contribution < -0.4 is 9.47 Å². The van der Waals surface area contributed by atoms with Crippen molar-refractivity contribution >= 4 is 0 Å². The van der Waals surface area contributed by atoms with Gasteiger partial charge in [-0.05, 0) is 18.1 Å². The molecule has 0 aliphatic heterocycles. The van der Waals surface area contributed by atoms with E-state index in [2.05, 4.69) is 13.8 Å². The number of hydrogen-bond acceptors (Lipinski definition) is 3. The monoisotopic (exact) mass is 224 g/mol. The number of ether oxygens (including phenoxy) is 2. The van der Waals surface area contributed by atoms with Gasteiger partial charge in [0.25, 0.3) is 0 Å². The van der Waals surface area contributed by atoms with Crippen molar-refractivity contribution in [1.82, 2.24) is 0 Å². The van der Waals surface area contributed by atoms with Crippen LogP contribution in [0.3, 0.4) is 0 Å². The molecule has 16 heavy (non-hydrogen) atoms. The second-order valence-corrected chi connectivity index (χ2v) is 4.18. The van der Waals surface area contributed by atoms with Gasteiger partial charge in [0.15, 0.2) is 0 Å². The van der Waals surface area contributed by atoms with Gasteiger partial charge in [-0.25, -0.2) is 0 Å². The van der Waals surface area contributed by atoms with Crippen molar-refractivity contribution in [2.45, 2.75) is 13.8 Å². The van der Waals surface area contributed by atoms with E-state index in [1.165, 1.54) is 0 Å². The molecule has 90 valence electrons. The predicted octanol–water partition coefficient (Wildman–Crippen LogP) is 2.34. The summed E-state index contributed by atoms with van der Waals surface area (Å²) in [4.78, 5) is 0. The molecule has 0 aliphatic carbocycles. The van der Waals surface area contributed by atoms with Gasteiger partial charge in [0.05, 0.1) is 13.7 Å². The van der Waals surface area contributed by atoms with Crippen molar-refractivity contribution < 1.29 is 14.6 Å². The molecule has 0 aromatic heterocycles. The molecule has 0 amide bonds. The van der Waals surface area contributed by atoms with Gasteiger partial charge in [-0.2, -0.15) is 0 Å². The normalized spacial score (nSPS) is 12.6. The summed E-state index contributed by atoms with van der Waals surface area (Å²) in [6, 6.07) is 7.49. The van der Waals surface area contributed by atoms with Crippen LogP contribution in [0, 0.1) is 11.8 Å². The molecule has 3 nitrogen and oxygen atoms in total. The highest BCUT2D eigenvalue weighted by Gasteiger charge is 2.12. The average molecular weight is 224 g/mol. The molecular formula is C13H20O3. The molecule has 1 unspecified atom stereocenters. The largest absolute Gasteiger partial charge is 0.497 e. The molecule has 0 radical (unpaired) electrons. The van der Waals surface area contributed by atoms with Crippen LogP contribution in [0.2, 0.25) is 0 Å². The molecule has 3 heteroatoms. The van der Waals surface area contributed by atoms with Crippen molar-refractivity contribution in [2.75, 3.05) is 20.3 Å². The van der Waals surface area contributed by atoms with E-state index in [1.54, 1.807) is 7.11 Å². The maximum Gasteiger partial charge on any atom is 0.123 e. The van der Waals surface area contributed by atoms with Crippen molar-refractivity contribution in [2.24, 2.45) is 11.8 Å². The molecule has 0 spiro atoms. The van der Waals surface area contributed by atoms with Crippen LogP contribution in [0.15, 0.2) is 24.3 Å². The van der Waals surface area contributed by atoms with Gasteiger partial charge < -0.3 is 14.6 Å². The minimum absolute atomic E-state index is 0.154. The first-order chi connectivity index (χ1) is 7.67. The first-order valence-electron chi connectivity index (χ1n) is 5.55. The molecular weight excluding hydrogens is 204 g/mol. The summed E-state index contributed by atoms with van der Waals surface area (Å²) < 4.78 is 10.7. The first kappa shape index (κ1) is 12.8. The molecule has 1 atom stereocenters. The quantitative estimate of drug-likeness (QED) is 0.806. The van der Waals surface area contributed by atoms with Gasteiger partial charge in [-0.3, -0.25) is 0 Å². The third-order valence-corrected chi connectivity index (χ3v) is 2.68. The van der Waals surface area contributed by atoms with Gasteiger partial charge >= 0.3 is 0 Å². The summed E-state index contributed by atoms with van der Waals surface area (Å²) in [5, 5.41) is 9.17. The van der Waals surface area contributed by atoms with Gasteiger partial charge in [0, 0.05) is 18.6 Å². The van der Waals surface area contributed by atoms with Crippen LogP contribution in [-0.2, 0) is 0 Å². The second-order valence-electron chi connectivity index (χ2n) is 4.18. The van der Waals surface area contributed by atoms with Crippen LogP contribution in [0.5, 0.6) is 11.5 Å². The smallest absolute Gasteiger partial charge is 0.123 e. The van der Waals surface area contributed by atoms with Crippen molar-refractivity contribution in [3.8, 4) is 11.5 Å². The number of benzene rings is 1.